The first-order chi connectivity index (χ1) is 7.63. The highest BCUT2D eigenvalue weighted by molar-refractivity contribution is 5.75. The number of hydrogen-bond donors (Lipinski definition) is 0. The molecule has 1 aromatic heterocycles. The molecule has 0 aliphatic heterocycles. The van der Waals surface area contributed by atoms with Crippen molar-refractivity contribution in [2.45, 2.75) is 6.92 Å². The summed E-state index contributed by atoms with van der Waals surface area (Å²) < 4.78 is 3.14. The minimum absolute atomic E-state index is 0.0867. The van der Waals surface area contributed by atoms with Gasteiger partial charge in [0.2, 0.25) is 0 Å². The second kappa shape index (κ2) is 3.81. The lowest BCUT2D eigenvalue weighted by atomic mass is 10.2. The molecule has 0 unspecified atom stereocenters. The molecule has 0 bridgehead atoms. The molecular weight excluding hydrogens is 204 g/mol. The van der Waals surface area contributed by atoms with Gasteiger partial charge in [-0.1, -0.05) is 0 Å². The van der Waals surface area contributed by atoms with E-state index in [0.29, 0.717) is 5.56 Å². The Kier molecular flexibility index (Phi) is 2.48. The van der Waals surface area contributed by atoms with Crippen molar-refractivity contribution in [2.24, 2.45) is 7.05 Å². The molecule has 1 aromatic carbocycles. The minimum atomic E-state index is -0.0867. The molecule has 0 spiro atoms. The Bertz CT molecular complexity index is 576. The maximum atomic E-state index is 11.8. The van der Waals surface area contributed by atoms with E-state index in [-0.39, 0.29) is 5.69 Å². The topological polar surface area (TPSA) is 44.0 Å². The third-order valence-electron chi connectivity index (χ3n) is 2.51. The predicted octanol–water partition coefficient (Wildman–Crippen LogP) is 1.30. The van der Waals surface area contributed by atoms with Crippen LogP contribution in [0.3, 0.4) is 0 Å². The number of aryl methyl sites for hydroxylation is 2. The van der Waals surface area contributed by atoms with E-state index in [9.17, 15) is 9.59 Å². The van der Waals surface area contributed by atoms with Crippen LogP contribution in [0.4, 0.5) is 0 Å². The Morgan fingerprint density at radius 2 is 1.81 bits per heavy atom. The van der Waals surface area contributed by atoms with Gasteiger partial charge in [-0.05, 0) is 31.2 Å². The van der Waals surface area contributed by atoms with E-state index < -0.39 is 0 Å². The van der Waals surface area contributed by atoms with Gasteiger partial charge in [0.15, 0.2) is 0 Å². The first kappa shape index (κ1) is 10.4. The average Bonchev–Trinajstić information content (AvgIpc) is 2.54. The molecule has 1 heterocycles. The number of carbonyl (C=O) groups is 1. The number of benzene rings is 1. The maximum Gasteiger partial charge on any atom is 0.332 e. The van der Waals surface area contributed by atoms with Crippen LogP contribution < -0.4 is 5.69 Å². The fourth-order valence-electron chi connectivity index (χ4n) is 1.72. The first-order valence-electron chi connectivity index (χ1n) is 4.94. The Balaban J connectivity index is 2.58. The van der Waals surface area contributed by atoms with Gasteiger partial charge < -0.3 is 4.57 Å². The van der Waals surface area contributed by atoms with Gasteiger partial charge in [0.25, 0.3) is 0 Å². The van der Waals surface area contributed by atoms with Crippen molar-refractivity contribution in [3.63, 3.8) is 0 Å². The summed E-state index contributed by atoms with van der Waals surface area (Å²) in [4.78, 5) is 22.3. The van der Waals surface area contributed by atoms with Gasteiger partial charge in [0.1, 0.15) is 6.29 Å². The van der Waals surface area contributed by atoms with Crippen LogP contribution >= 0.6 is 0 Å². The number of aldehydes is 1. The molecule has 0 saturated carbocycles. The summed E-state index contributed by atoms with van der Waals surface area (Å²) in [5.74, 6) is 0. The molecule has 2 aromatic rings. The number of carbonyl (C=O) groups excluding carboxylic acids is 1. The predicted molar refractivity (Wildman–Crippen MR) is 61.1 cm³/mol. The van der Waals surface area contributed by atoms with Crippen LogP contribution in [0.25, 0.3) is 5.69 Å². The summed E-state index contributed by atoms with van der Waals surface area (Å²) in [7, 11) is 1.71. The summed E-state index contributed by atoms with van der Waals surface area (Å²) in [5.41, 5.74) is 2.15. The van der Waals surface area contributed by atoms with Crippen LogP contribution in [-0.2, 0) is 7.05 Å². The van der Waals surface area contributed by atoms with Crippen molar-refractivity contribution in [3.05, 3.63) is 52.2 Å². The number of hydrogen-bond acceptors (Lipinski definition) is 2. The van der Waals surface area contributed by atoms with Crippen LogP contribution in [0, 0.1) is 6.92 Å². The van der Waals surface area contributed by atoms with E-state index in [1.165, 1.54) is 4.57 Å². The standard InChI is InChI=1S/C12H12N2O2/c1-9-7-13(2)12(16)14(9)11-5-3-10(8-15)4-6-11/h3-8H,1-2H3. The van der Waals surface area contributed by atoms with Gasteiger partial charge in [0, 0.05) is 24.5 Å². The van der Waals surface area contributed by atoms with Crippen LogP contribution in [0.15, 0.2) is 35.3 Å². The zero-order valence-corrected chi connectivity index (χ0v) is 9.18. The number of nitrogens with zero attached hydrogens (tertiary/aromatic N) is 2. The molecule has 0 radical (unpaired) electrons. The van der Waals surface area contributed by atoms with Crippen molar-refractivity contribution in [1.82, 2.24) is 9.13 Å². The monoisotopic (exact) mass is 216 g/mol. The number of aromatic nitrogens is 2. The Morgan fingerprint density at radius 1 is 1.19 bits per heavy atom. The molecule has 4 nitrogen and oxygen atoms in total. The van der Waals surface area contributed by atoms with Crippen LogP contribution in [0.5, 0.6) is 0 Å². The van der Waals surface area contributed by atoms with Crippen LogP contribution in [0.1, 0.15) is 16.1 Å². The molecule has 0 aliphatic rings. The van der Waals surface area contributed by atoms with E-state index in [2.05, 4.69) is 0 Å². The SMILES string of the molecule is Cc1cn(C)c(=O)n1-c1ccc(C=O)cc1. The fraction of sp³-hybridized carbons (Fsp3) is 0.167. The summed E-state index contributed by atoms with van der Waals surface area (Å²) >= 11 is 0. The van der Waals surface area contributed by atoms with Crippen molar-refractivity contribution in [2.75, 3.05) is 0 Å². The lowest BCUT2D eigenvalue weighted by molar-refractivity contribution is 0.112. The van der Waals surface area contributed by atoms with E-state index in [1.807, 2.05) is 6.92 Å². The summed E-state index contributed by atoms with van der Waals surface area (Å²) in [6.45, 7) is 1.87. The van der Waals surface area contributed by atoms with E-state index in [1.54, 1.807) is 42.1 Å². The van der Waals surface area contributed by atoms with Crippen LogP contribution in [-0.4, -0.2) is 15.4 Å². The van der Waals surface area contributed by atoms with E-state index in [4.69, 9.17) is 0 Å². The molecule has 0 N–H and O–H groups in total. The third kappa shape index (κ3) is 1.58. The Morgan fingerprint density at radius 3 is 2.25 bits per heavy atom. The summed E-state index contributed by atoms with van der Waals surface area (Å²) in [6, 6.07) is 6.92. The second-order valence-corrected chi connectivity index (χ2v) is 3.71. The van der Waals surface area contributed by atoms with Gasteiger partial charge >= 0.3 is 5.69 Å². The average molecular weight is 216 g/mol. The second-order valence-electron chi connectivity index (χ2n) is 3.71. The lowest BCUT2D eigenvalue weighted by Gasteiger charge is -2.03. The lowest BCUT2D eigenvalue weighted by Crippen LogP contribution is -2.21. The first-order valence-corrected chi connectivity index (χ1v) is 4.94. The fourth-order valence-corrected chi connectivity index (χ4v) is 1.72. The molecule has 2 rings (SSSR count). The third-order valence-corrected chi connectivity index (χ3v) is 2.51. The largest absolute Gasteiger partial charge is 0.332 e. The van der Waals surface area contributed by atoms with Gasteiger partial charge in [0.05, 0.1) is 5.69 Å². The van der Waals surface area contributed by atoms with Crippen molar-refractivity contribution in [3.8, 4) is 5.69 Å². The molecule has 0 fully saturated rings. The summed E-state index contributed by atoms with van der Waals surface area (Å²) in [6.07, 6.45) is 2.56. The zero-order valence-electron chi connectivity index (χ0n) is 9.18. The molecule has 4 heteroatoms. The minimum Gasteiger partial charge on any atom is -0.302 e. The van der Waals surface area contributed by atoms with E-state index >= 15 is 0 Å². The van der Waals surface area contributed by atoms with Crippen molar-refractivity contribution < 1.29 is 4.79 Å². The molecular formula is C12H12N2O2. The molecule has 0 saturated heterocycles. The maximum absolute atomic E-state index is 11.8. The normalized spacial score (nSPS) is 10.4. The molecule has 0 aliphatic carbocycles. The van der Waals surface area contributed by atoms with Gasteiger partial charge in [-0.15, -0.1) is 0 Å². The Hall–Kier alpha value is -2.10. The van der Waals surface area contributed by atoms with Crippen molar-refractivity contribution in [1.29, 1.82) is 0 Å². The molecule has 0 atom stereocenters. The smallest absolute Gasteiger partial charge is 0.302 e. The highest BCUT2D eigenvalue weighted by Gasteiger charge is 2.06. The number of rotatable bonds is 2. The zero-order chi connectivity index (χ0) is 11.7. The van der Waals surface area contributed by atoms with E-state index in [0.717, 1.165) is 17.7 Å². The molecule has 0 amide bonds. The van der Waals surface area contributed by atoms with Gasteiger partial charge in [-0.3, -0.25) is 9.36 Å². The van der Waals surface area contributed by atoms with Gasteiger partial charge in [-0.25, -0.2) is 4.79 Å². The molecule has 16 heavy (non-hydrogen) atoms. The van der Waals surface area contributed by atoms with Crippen molar-refractivity contribution >= 4 is 6.29 Å². The highest BCUT2D eigenvalue weighted by Crippen LogP contribution is 2.09. The van der Waals surface area contributed by atoms with Crippen LogP contribution in [0.2, 0.25) is 0 Å². The molecule has 82 valence electrons. The quantitative estimate of drug-likeness (QED) is 0.710. The summed E-state index contributed by atoms with van der Waals surface area (Å²) in [5, 5.41) is 0. The van der Waals surface area contributed by atoms with Gasteiger partial charge in [-0.2, -0.15) is 0 Å². The number of imidazole rings is 1. The Labute approximate surface area is 92.8 Å². The highest BCUT2D eigenvalue weighted by atomic mass is 16.1.